The van der Waals surface area contributed by atoms with Crippen molar-refractivity contribution in [3.05, 3.63) is 28.9 Å². The summed E-state index contributed by atoms with van der Waals surface area (Å²) in [5.41, 5.74) is 9.12. The number of fused-ring (bicyclic) bond motifs is 1. The molecule has 0 aliphatic carbocycles. The Hall–Kier alpha value is -1.29. The molecule has 19 heavy (non-hydrogen) atoms. The van der Waals surface area contributed by atoms with Crippen LogP contribution in [-0.2, 0) is 0 Å². The molecular weight excluding hydrogens is 302 g/mol. The van der Waals surface area contributed by atoms with E-state index in [1.807, 2.05) is 12.1 Å². The first kappa shape index (κ1) is 12.7. The predicted molar refractivity (Wildman–Crippen MR) is 84.5 cm³/mol. The summed E-state index contributed by atoms with van der Waals surface area (Å²) in [6.45, 7) is 4.48. The summed E-state index contributed by atoms with van der Waals surface area (Å²) in [4.78, 5) is 6.83. The Bertz CT molecular complexity index is 598. The van der Waals surface area contributed by atoms with E-state index >= 15 is 0 Å². The zero-order chi connectivity index (χ0) is 13.4. The number of anilines is 2. The molecule has 2 aromatic rings. The molecule has 2 heterocycles. The average Bonchev–Trinajstić information content (AvgIpc) is 2.40. The number of halogens is 1. The van der Waals surface area contributed by atoms with Crippen LogP contribution in [0.4, 0.5) is 11.4 Å². The summed E-state index contributed by atoms with van der Waals surface area (Å²) in [6.07, 6.45) is 4.25. The van der Waals surface area contributed by atoms with Crippen LogP contribution in [0.3, 0.4) is 0 Å². The van der Waals surface area contributed by atoms with Crippen LogP contribution < -0.4 is 10.6 Å². The van der Waals surface area contributed by atoms with Crippen molar-refractivity contribution >= 4 is 38.2 Å². The number of benzene rings is 1. The lowest BCUT2D eigenvalue weighted by atomic mass is 9.98. The molecule has 1 fully saturated rings. The van der Waals surface area contributed by atoms with E-state index in [0.717, 1.165) is 45.8 Å². The van der Waals surface area contributed by atoms with Crippen LogP contribution in [0, 0.1) is 5.92 Å². The summed E-state index contributed by atoms with van der Waals surface area (Å²) >= 11 is 3.54. The fraction of sp³-hybridized carbons (Fsp3) is 0.400. The Morgan fingerprint density at radius 1 is 1.32 bits per heavy atom. The van der Waals surface area contributed by atoms with Crippen molar-refractivity contribution < 1.29 is 0 Å². The highest BCUT2D eigenvalue weighted by molar-refractivity contribution is 9.10. The highest BCUT2D eigenvalue weighted by Gasteiger charge is 2.20. The number of pyridine rings is 1. The third kappa shape index (κ3) is 2.41. The van der Waals surface area contributed by atoms with Crippen molar-refractivity contribution in [2.45, 2.75) is 19.8 Å². The van der Waals surface area contributed by atoms with Crippen molar-refractivity contribution in [1.82, 2.24) is 4.98 Å². The number of piperidine rings is 1. The monoisotopic (exact) mass is 319 g/mol. The zero-order valence-electron chi connectivity index (χ0n) is 11.1. The van der Waals surface area contributed by atoms with Gasteiger partial charge < -0.3 is 10.6 Å². The Morgan fingerprint density at radius 2 is 2.05 bits per heavy atom. The lowest BCUT2D eigenvalue weighted by Gasteiger charge is -2.33. The summed E-state index contributed by atoms with van der Waals surface area (Å²) in [5.74, 6) is 0.817. The molecule has 3 nitrogen and oxygen atoms in total. The smallest absolute Gasteiger partial charge is 0.0745 e. The van der Waals surface area contributed by atoms with Gasteiger partial charge in [0.1, 0.15) is 0 Å². The molecule has 0 saturated carbocycles. The van der Waals surface area contributed by atoms with Gasteiger partial charge in [0.2, 0.25) is 0 Å². The lowest BCUT2D eigenvalue weighted by Crippen LogP contribution is -2.33. The molecule has 0 atom stereocenters. The first-order chi connectivity index (χ1) is 9.15. The molecule has 1 aromatic heterocycles. The summed E-state index contributed by atoms with van der Waals surface area (Å²) in [7, 11) is 0. The normalized spacial score (nSPS) is 17.1. The number of hydrogen-bond donors (Lipinski definition) is 1. The average molecular weight is 320 g/mol. The summed E-state index contributed by atoms with van der Waals surface area (Å²) < 4.78 is 1.07. The second kappa shape index (κ2) is 5.00. The fourth-order valence-electron chi connectivity index (χ4n) is 2.75. The number of nitrogens with two attached hydrogens (primary N) is 1. The highest BCUT2D eigenvalue weighted by atomic mass is 79.9. The van der Waals surface area contributed by atoms with Crippen LogP contribution in [0.15, 0.2) is 28.9 Å². The molecular formula is C15H18BrN3. The summed E-state index contributed by atoms with van der Waals surface area (Å²) in [5, 5.41) is 1.14. The quantitative estimate of drug-likeness (QED) is 0.869. The largest absolute Gasteiger partial charge is 0.396 e. The van der Waals surface area contributed by atoms with E-state index in [0.29, 0.717) is 0 Å². The lowest BCUT2D eigenvalue weighted by molar-refractivity contribution is 0.439. The van der Waals surface area contributed by atoms with Gasteiger partial charge in [-0.1, -0.05) is 22.9 Å². The minimum atomic E-state index is 0.778. The van der Waals surface area contributed by atoms with Crippen molar-refractivity contribution in [3.63, 3.8) is 0 Å². The standard InChI is InChI=1S/C15H18BrN3/c1-10-4-6-19(7-5-10)15-12-8-11(16)2-3-14(12)18-9-13(15)17/h2-3,8-10H,4-7,17H2,1H3. The molecule has 1 aliphatic heterocycles. The molecule has 0 radical (unpaired) electrons. The van der Waals surface area contributed by atoms with Crippen molar-refractivity contribution in [2.75, 3.05) is 23.7 Å². The van der Waals surface area contributed by atoms with Crippen LogP contribution in [0.1, 0.15) is 19.8 Å². The van der Waals surface area contributed by atoms with Crippen molar-refractivity contribution in [3.8, 4) is 0 Å². The van der Waals surface area contributed by atoms with E-state index in [9.17, 15) is 0 Å². The van der Waals surface area contributed by atoms with Gasteiger partial charge >= 0.3 is 0 Å². The van der Waals surface area contributed by atoms with Crippen LogP contribution in [0.2, 0.25) is 0 Å². The molecule has 1 aliphatic rings. The van der Waals surface area contributed by atoms with Crippen LogP contribution in [0.5, 0.6) is 0 Å². The number of nitrogen functional groups attached to an aromatic ring is 1. The van der Waals surface area contributed by atoms with E-state index in [1.54, 1.807) is 6.20 Å². The van der Waals surface area contributed by atoms with Gasteiger partial charge in [-0.3, -0.25) is 4.98 Å². The Balaban J connectivity index is 2.10. The first-order valence-corrected chi connectivity index (χ1v) is 7.53. The Kier molecular flexibility index (Phi) is 3.35. The van der Waals surface area contributed by atoms with E-state index in [4.69, 9.17) is 5.73 Å². The van der Waals surface area contributed by atoms with Gasteiger partial charge in [0, 0.05) is 22.9 Å². The van der Waals surface area contributed by atoms with Crippen molar-refractivity contribution in [2.24, 2.45) is 5.92 Å². The minimum Gasteiger partial charge on any atom is -0.396 e. The first-order valence-electron chi connectivity index (χ1n) is 6.74. The third-order valence-electron chi connectivity index (χ3n) is 3.93. The van der Waals surface area contributed by atoms with Gasteiger partial charge in [-0.05, 0) is 37.0 Å². The second-order valence-corrected chi connectivity index (χ2v) is 6.31. The maximum Gasteiger partial charge on any atom is 0.0745 e. The molecule has 100 valence electrons. The van der Waals surface area contributed by atoms with Crippen LogP contribution >= 0.6 is 15.9 Å². The zero-order valence-corrected chi connectivity index (χ0v) is 12.7. The SMILES string of the molecule is CC1CCN(c2c(N)cnc3ccc(Br)cc23)CC1. The molecule has 0 unspecified atom stereocenters. The summed E-state index contributed by atoms with van der Waals surface area (Å²) in [6, 6.07) is 6.18. The second-order valence-electron chi connectivity index (χ2n) is 5.39. The van der Waals surface area contributed by atoms with Crippen molar-refractivity contribution in [1.29, 1.82) is 0 Å². The maximum atomic E-state index is 6.18. The predicted octanol–water partition coefficient (Wildman–Crippen LogP) is 3.82. The topological polar surface area (TPSA) is 42.1 Å². The Morgan fingerprint density at radius 3 is 2.79 bits per heavy atom. The van der Waals surface area contributed by atoms with E-state index in [-0.39, 0.29) is 0 Å². The third-order valence-corrected chi connectivity index (χ3v) is 4.42. The number of hydrogen-bond acceptors (Lipinski definition) is 3. The van der Waals surface area contributed by atoms with Crippen LogP contribution in [-0.4, -0.2) is 18.1 Å². The Labute approximate surface area is 121 Å². The van der Waals surface area contributed by atoms with Gasteiger partial charge in [-0.2, -0.15) is 0 Å². The van der Waals surface area contributed by atoms with Gasteiger partial charge in [0.25, 0.3) is 0 Å². The van der Waals surface area contributed by atoms with Crippen LogP contribution in [0.25, 0.3) is 10.9 Å². The molecule has 4 heteroatoms. The molecule has 1 aromatic carbocycles. The number of aromatic nitrogens is 1. The maximum absolute atomic E-state index is 6.18. The molecule has 0 bridgehead atoms. The molecule has 0 spiro atoms. The molecule has 1 saturated heterocycles. The van der Waals surface area contributed by atoms with Gasteiger partial charge in [-0.15, -0.1) is 0 Å². The van der Waals surface area contributed by atoms with Gasteiger partial charge in [0.15, 0.2) is 0 Å². The molecule has 0 amide bonds. The fourth-order valence-corrected chi connectivity index (χ4v) is 3.11. The van der Waals surface area contributed by atoms with E-state index in [2.05, 4.69) is 38.8 Å². The van der Waals surface area contributed by atoms with E-state index in [1.165, 1.54) is 12.8 Å². The van der Waals surface area contributed by atoms with Gasteiger partial charge in [0.05, 0.1) is 23.1 Å². The van der Waals surface area contributed by atoms with E-state index < -0.39 is 0 Å². The highest BCUT2D eigenvalue weighted by Crippen LogP contribution is 2.35. The minimum absolute atomic E-state index is 0.778. The molecule has 3 rings (SSSR count). The molecule has 2 N–H and O–H groups in total. The van der Waals surface area contributed by atoms with Gasteiger partial charge in [-0.25, -0.2) is 0 Å². The number of nitrogens with zero attached hydrogens (tertiary/aromatic N) is 2. The number of rotatable bonds is 1.